The van der Waals surface area contributed by atoms with E-state index in [2.05, 4.69) is 6.92 Å². The molecular formula is C12H23ClO3. The van der Waals surface area contributed by atoms with E-state index >= 15 is 0 Å². The van der Waals surface area contributed by atoms with Crippen LogP contribution < -0.4 is 0 Å². The van der Waals surface area contributed by atoms with Crippen LogP contribution in [0.1, 0.15) is 33.6 Å². The Morgan fingerprint density at radius 1 is 1.38 bits per heavy atom. The molecule has 1 rings (SSSR count). The van der Waals surface area contributed by atoms with Gasteiger partial charge in [0, 0.05) is 13.2 Å². The largest absolute Gasteiger partial charge is 0.379 e. The van der Waals surface area contributed by atoms with Crippen LogP contribution in [0.15, 0.2) is 0 Å². The van der Waals surface area contributed by atoms with Crippen LogP contribution >= 0.6 is 11.6 Å². The Morgan fingerprint density at radius 2 is 2.12 bits per heavy atom. The fourth-order valence-corrected chi connectivity index (χ4v) is 2.16. The van der Waals surface area contributed by atoms with Crippen LogP contribution in [0.2, 0.25) is 0 Å². The summed E-state index contributed by atoms with van der Waals surface area (Å²) >= 11 is 6.10. The fourth-order valence-electron chi connectivity index (χ4n) is 1.75. The zero-order valence-corrected chi connectivity index (χ0v) is 11.2. The highest BCUT2D eigenvalue weighted by Crippen LogP contribution is 2.32. The first-order chi connectivity index (χ1) is 7.69. The van der Waals surface area contributed by atoms with Crippen LogP contribution in [0.3, 0.4) is 0 Å². The van der Waals surface area contributed by atoms with Crippen LogP contribution in [0.5, 0.6) is 0 Å². The topological polar surface area (TPSA) is 27.7 Å². The lowest BCUT2D eigenvalue weighted by Gasteiger charge is -2.41. The smallest absolute Gasteiger partial charge is 0.100 e. The summed E-state index contributed by atoms with van der Waals surface area (Å²) in [5.74, 6) is 0. The molecule has 0 radical (unpaired) electrons. The van der Waals surface area contributed by atoms with Crippen LogP contribution in [-0.2, 0) is 14.2 Å². The van der Waals surface area contributed by atoms with Gasteiger partial charge in [-0.25, -0.2) is 0 Å². The molecule has 0 bridgehead atoms. The third kappa shape index (κ3) is 4.21. The molecule has 1 aliphatic rings. The molecule has 0 aromatic carbocycles. The van der Waals surface area contributed by atoms with Crippen LogP contribution in [-0.4, -0.2) is 43.5 Å². The van der Waals surface area contributed by atoms with Gasteiger partial charge in [-0.3, -0.25) is 0 Å². The summed E-state index contributed by atoms with van der Waals surface area (Å²) in [6.07, 6.45) is 2.21. The molecule has 0 aliphatic heterocycles. The standard InChI is InChI=1S/C12H23ClO3/c1-4-6-15-12-10(13)7-11(12)16-9(3)8-14-5-2/h9-12H,4-8H2,1-3H3. The number of halogens is 1. The molecule has 4 atom stereocenters. The van der Waals surface area contributed by atoms with Crippen molar-refractivity contribution in [1.29, 1.82) is 0 Å². The highest BCUT2D eigenvalue weighted by atomic mass is 35.5. The number of ether oxygens (including phenoxy) is 3. The number of alkyl halides is 1. The molecular weight excluding hydrogens is 228 g/mol. The highest BCUT2D eigenvalue weighted by Gasteiger charge is 2.42. The lowest BCUT2D eigenvalue weighted by atomic mass is 9.90. The third-order valence-electron chi connectivity index (χ3n) is 2.66. The molecule has 1 aliphatic carbocycles. The van der Waals surface area contributed by atoms with Crippen LogP contribution in [0, 0.1) is 0 Å². The molecule has 3 nitrogen and oxygen atoms in total. The Kier molecular flexibility index (Phi) is 6.66. The van der Waals surface area contributed by atoms with Crippen molar-refractivity contribution in [1.82, 2.24) is 0 Å². The van der Waals surface area contributed by atoms with E-state index in [1.165, 1.54) is 0 Å². The zero-order chi connectivity index (χ0) is 12.0. The fraction of sp³-hybridized carbons (Fsp3) is 1.00. The first kappa shape index (κ1) is 14.2. The first-order valence-corrected chi connectivity index (χ1v) is 6.61. The van der Waals surface area contributed by atoms with Crippen molar-refractivity contribution in [2.75, 3.05) is 19.8 Å². The van der Waals surface area contributed by atoms with Gasteiger partial charge < -0.3 is 14.2 Å². The maximum absolute atomic E-state index is 6.10. The Balaban J connectivity index is 2.20. The highest BCUT2D eigenvalue weighted by molar-refractivity contribution is 6.21. The van der Waals surface area contributed by atoms with Gasteiger partial charge in [-0.15, -0.1) is 11.6 Å². The molecule has 1 fully saturated rings. The normalized spacial score (nSPS) is 31.1. The number of rotatable bonds is 8. The summed E-state index contributed by atoms with van der Waals surface area (Å²) in [5.41, 5.74) is 0. The number of hydrogen-bond donors (Lipinski definition) is 0. The van der Waals surface area contributed by atoms with E-state index in [0.717, 1.165) is 26.1 Å². The van der Waals surface area contributed by atoms with Crippen LogP contribution in [0.4, 0.5) is 0 Å². The van der Waals surface area contributed by atoms with Gasteiger partial charge in [0.2, 0.25) is 0 Å². The molecule has 0 N–H and O–H groups in total. The van der Waals surface area contributed by atoms with Crippen molar-refractivity contribution in [3.8, 4) is 0 Å². The van der Waals surface area contributed by atoms with E-state index in [-0.39, 0.29) is 23.7 Å². The van der Waals surface area contributed by atoms with E-state index in [1.807, 2.05) is 13.8 Å². The van der Waals surface area contributed by atoms with Gasteiger partial charge in [0.05, 0.1) is 24.2 Å². The van der Waals surface area contributed by atoms with Crippen molar-refractivity contribution in [3.63, 3.8) is 0 Å². The van der Waals surface area contributed by atoms with Crippen molar-refractivity contribution < 1.29 is 14.2 Å². The van der Waals surface area contributed by atoms with E-state index in [0.29, 0.717) is 6.61 Å². The molecule has 0 amide bonds. The lowest BCUT2D eigenvalue weighted by Crippen LogP contribution is -2.52. The molecule has 4 heteroatoms. The average Bonchev–Trinajstić information content (AvgIpc) is 2.26. The minimum absolute atomic E-state index is 0.0608. The maximum atomic E-state index is 6.10. The molecule has 0 aromatic heterocycles. The van der Waals surface area contributed by atoms with Gasteiger partial charge in [0.15, 0.2) is 0 Å². The Labute approximate surface area is 103 Å². The lowest BCUT2D eigenvalue weighted by molar-refractivity contribution is -0.154. The molecule has 0 saturated heterocycles. The summed E-state index contributed by atoms with van der Waals surface area (Å²) in [4.78, 5) is 0. The predicted octanol–water partition coefficient (Wildman–Crippen LogP) is 2.60. The average molecular weight is 251 g/mol. The molecule has 0 aromatic rings. The quantitative estimate of drug-likeness (QED) is 0.620. The number of hydrogen-bond acceptors (Lipinski definition) is 3. The molecule has 4 unspecified atom stereocenters. The van der Waals surface area contributed by atoms with Gasteiger partial charge in [0.25, 0.3) is 0 Å². The van der Waals surface area contributed by atoms with E-state index in [4.69, 9.17) is 25.8 Å². The Bertz CT molecular complexity index is 189. The third-order valence-corrected chi connectivity index (χ3v) is 3.09. The summed E-state index contributed by atoms with van der Waals surface area (Å²) in [7, 11) is 0. The van der Waals surface area contributed by atoms with Crippen molar-refractivity contribution >= 4 is 11.6 Å². The second-order valence-corrected chi connectivity index (χ2v) is 4.79. The second-order valence-electron chi connectivity index (χ2n) is 4.23. The van der Waals surface area contributed by atoms with E-state index in [9.17, 15) is 0 Å². The summed E-state index contributed by atoms with van der Waals surface area (Å²) < 4.78 is 16.8. The predicted molar refractivity (Wildman–Crippen MR) is 65.1 cm³/mol. The van der Waals surface area contributed by atoms with Gasteiger partial charge in [-0.2, -0.15) is 0 Å². The van der Waals surface area contributed by atoms with Crippen LogP contribution in [0.25, 0.3) is 0 Å². The second kappa shape index (κ2) is 7.49. The van der Waals surface area contributed by atoms with Gasteiger partial charge in [-0.05, 0) is 26.7 Å². The van der Waals surface area contributed by atoms with Crippen molar-refractivity contribution in [2.45, 2.75) is 57.3 Å². The molecule has 96 valence electrons. The monoisotopic (exact) mass is 250 g/mol. The summed E-state index contributed by atoms with van der Waals surface area (Å²) in [6.45, 7) is 8.22. The van der Waals surface area contributed by atoms with E-state index in [1.54, 1.807) is 0 Å². The molecule has 1 saturated carbocycles. The Hall–Kier alpha value is 0.170. The minimum atomic E-state index is 0.0608. The molecule has 16 heavy (non-hydrogen) atoms. The summed E-state index contributed by atoms with van der Waals surface area (Å²) in [5, 5.41) is 0.107. The van der Waals surface area contributed by atoms with Crippen molar-refractivity contribution in [2.24, 2.45) is 0 Å². The van der Waals surface area contributed by atoms with Gasteiger partial charge in [0.1, 0.15) is 6.10 Å². The zero-order valence-electron chi connectivity index (χ0n) is 10.4. The van der Waals surface area contributed by atoms with Crippen molar-refractivity contribution in [3.05, 3.63) is 0 Å². The van der Waals surface area contributed by atoms with Gasteiger partial charge in [-0.1, -0.05) is 6.92 Å². The van der Waals surface area contributed by atoms with E-state index < -0.39 is 0 Å². The SMILES string of the molecule is CCCOC1C(Cl)CC1OC(C)COCC. The first-order valence-electron chi connectivity index (χ1n) is 6.17. The molecule has 0 heterocycles. The minimum Gasteiger partial charge on any atom is -0.379 e. The Morgan fingerprint density at radius 3 is 2.69 bits per heavy atom. The van der Waals surface area contributed by atoms with Gasteiger partial charge >= 0.3 is 0 Å². The summed E-state index contributed by atoms with van der Waals surface area (Å²) in [6, 6.07) is 0. The maximum Gasteiger partial charge on any atom is 0.100 e. The molecule has 0 spiro atoms.